The second kappa shape index (κ2) is 5.21. The van der Waals surface area contributed by atoms with Gasteiger partial charge in [0.05, 0.1) is 0 Å². The van der Waals surface area contributed by atoms with Crippen LogP contribution in [0, 0.1) is 5.92 Å². The van der Waals surface area contributed by atoms with Crippen molar-refractivity contribution < 1.29 is 4.79 Å². The molecule has 0 unspecified atom stereocenters. The highest BCUT2D eigenvalue weighted by atomic mass is 79.9. The number of anilines is 1. The van der Waals surface area contributed by atoms with Gasteiger partial charge in [0.1, 0.15) is 0 Å². The van der Waals surface area contributed by atoms with E-state index in [0.29, 0.717) is 12.0 Å². The van der Waals surface area contributed by atoms with Gasteiger partial charge < -0.3 is 4.90 Å². The van der Waals surface area contributed by atoms with Crippen molar-refractivity contribution in [1.82, 2.24) is 0 Å². The van der Waals surface area contributed by atoms with Crippen LogP contribution in [0.25, 0.3) is 0 Å². The van der Waals surface area contributed by atoms with Crippen LogP contribution in [0.15, 0.2) is 22.7 Å². The summed E-state index contributed by atoms with van der Waals surface area (Å²) in [7, 11) is 0. The van der Waals surface area contributed by atoms with Gasteiger partial charge in [0.2, 0.25) is 0 Å². The second-order valence-corrected chi connectivity index (χ2v) is 6.01. The largest absolute Gasteiger partial charge is 0.368 e. The topological polar surface area (TPSA) is 20.3 Å². The first kappa shape index (κ1) is 12.6. The van der Waals surface area contributed by atoms with Crippen LogP contribution in [0.1, 0.15) is 37.0 Å². The summed E-state index contributed by atoms with van der Waals surface area (Å²) in [6.07, 6.45) is 3.45. The SMILES string of the molecule is CC(C)CN(c1cc(Br)ccc1C=O)C1CC1. The molecular weight excluding hydrogens is 278 g/mol. The van der Waals surface area contributed by atoms with E-state index in [1.54, 1.807) is 0 Å². The van der Waals surface area contributed by atoms with Gasteiger partial charge >= 0.3 is 0 Å². The summed E-state index contributed by atoms with van der Waals surface area (Å²) < 4.78 is 1.03. The maximum atomic E-state index is 11.1. The molecule has 2 nitrogen and oxygen atoms in total. The van der Waals surface area contributed by atoms with Gasteiger partial charge in [-0.3, -0.25) is 4.79 Å². The smallest absolute Gasteiger partial charge is 0.152 e. The van der Waals surface area contributed by atoms with Crippen molar-refractivity contribution >= 4 is 27.9 Å². The number of carbonyl (C=O) groups is 1. The summed E-state index contributed by atoms with van der Waals surface area (Å²) in [6.45, 7) is 5.45. The van der Waals surface area contributed by atoms with Gasteiger partial charge in [-0.1, -0.05) is 29.8 Å². The molecule has 1 aromatic carbocycles. The zero-order chi connectivity index (χ0) is 12.4. The van der Waals surface area contributed by atoms with Crippen molar-refractivity contribution in [2.24, 2.45) is 5.92 Å². The molecule has 0 atom stereocenters. The Morgan fingerprint density at radius 1 is 1.47 bits per heavy atom. The molecule has 0 bridgehead atoms. The minimum absolute atomic E-state index is 0.606. The molecule has 0 heterocycles. The maximum Gasteiger partial charge on any atom is 0.152 e. The zero-order valence-electron chi connectivity index (χ0n) is 10.3. The Morgan fingerprint density at radius 2 is 2.18 bits per heavy atom. The summed E-state index contributed by atoms with van der Waals surface area (Å²) in [5, 5.41) is 0. The number of hydrogen-bond acceptors (Lipinski definition) is 2. The predicted molar refractivity (Wildman–Crippen MR) is 74.7 cm³/mol. The third-order valence-electron chi connectivity index (χ3n) is 2.98. The molecule has 2 rings (SSSR count). The predicted octanol–water partition coefficient (Wildman–Crippen LogP) is 3.89. The quantitative estimate of drug-likeness (QED) is 0.768. The second-order valence-electron chi connectivity index (χ2n) is 5.10. The molecule has 1 fully saturated rings. The molecule has 0 amide bonds. The molecule has 17 heavy (non-hydrogen) atoms. The first-order chi connectivity index (χ1) is 8.11. The van der Waals surface area contributed by atoms with Crippen molar-refractivity contribution in [2.75, 3.05) is 11.4 Å². The fourth-order valence-corrected chi connectivity index (χ4v) is 2.44. The normalized spacial score (nSPS) is 15.1. The zero-order valence-corrected chi connectivity index (χ0v) is 11.9. The van der Waals surface area contributed by atoms with Gasteiger partial charge in [0.15, 0.2) is 6.29 Å². The Hall–Kier alpha value is -0.830. The van der Waals surface area contributed by atoms with E-state index >= 15 is 0 Å². The minimum Gasteiger partial charge on any atom is -0.368 e. The van der Waals surface area contributed by atoms with Gasteiger partial charge in [-0.05, 0) is 37.0 Å². The summed E-state index contributed by atoms with van der Waals surface area (Å²) in [6, 6.07) is 6.51. The fourth-order valence-electron chi connectivity index (χ4n) is 2.09. The van der Waals surface area contributed by atoms with Crippen LogP contribution in [0.4, 0.5) is 5.69 Å². The molecule has 1 saturated carbocycles. The number of halogens is 1. The average Bonchev–Trinajstić information content (AvgIpc) is 3.09. The third-order valence-corrected chi connectivity index (χ3v) is 3.47. The highest BCUT2D eigenvalue weighted by molar-refractivity contribution is 9.10. The molecule has 0 aromatic heterocycles. The van der Waals surface area contributed by atoms with E-state index in [0.717, 1.165) is 28.6 Å². The first-order valence-corrected chi connectivity index (χ1v) is 6.92. The number of hydrogen-bond donors (Lipinski definition) is 0. The standard InChI is InChI=1S/C14H18BrNO/c1-10(2)8-16(13-5-6-13)14-7-12(15)4-3-11(14)9-17/h3-4,7,9-10,13H,5-6,8H2,1-2H3. The van der Waals surface area contributed by atoms with Crippen LogP contribution >= 0.6 is 15.9 Å². The van der Waals surface area contributed by atoms with E-state index in [1.807, 2.05) is 12.1 Å². The summed E-state index contributed by atoms with van der Waals surface area (Å²) >= 11 is 3.49. The molecule has 1 aliphatic rings. The van der Waals surface area contributed by atoms with E-state index in [9.17, 15) is 4.79 Å². The molecule has 0 spiro atoms. The molecule has 0 radical (unpaired) electrons. The van der Waals surface area contributed by atoms with Crippen molar-refractivity contribution in [2.45, 2.75) is 32.7 Å². The van der Waals surface area contributed by atoms with Gasteiger partial charge in [-0.15, -0.1) is 0 Å². The van der Waals surface area contributed by atoms with Gasteiger partial charge in [0, 0.05) is 28.3 Å². The van der Waals surface area contributed by atoms with Crippen LogP contribution in [-0.2, 0) is 0 Å². The highest BCUT2D eigenvalue weighted by Crippen LogP contribution is 2.35. The minimum atomic E-state index is 0.606. The molecule has 1 aliphatic carbocycles. The van der Waals surface area contributed by atoms with Crippen LogP contribution in [0.5, 0.6) is 0 Å². The van der Waals surface area contributed by atoms with E-state index in [1.165, 1.54) is 12.8 Å². The van der Waals surface area contributed by atoms with E-state index in [2.05, 4.69) is 40.7 Å². The van der Waals surface area contributed by atoms with E-state index in [4.69, 9.17) is 0 Å². The van der Waals surface area contributed by atoms with E-state index in [-0.39, 0.29) is 0 Å². The molecule has 3 heteroatoms. The van der Waals surface area contributed by atoms with Gasteiger partial charge in [0.25, 0.3) is 0 Å². The van der Waals surface area contributed by atoms with Crippen LogP contribution in [0.3, 0.4) is 0 Å². The summed E-state index contributed by atoms with van der Waals surface area (Å²) in [5.74, 6) is 0.606. The Bertz CT molecular complexity index is 413. The Labute approximate surface area is 111 Å². The molecule has 92 valence electrons. The molecule has 0 N–H and O–H groups in total. The lowest BCUT2D eigenvalue weighted by Gasteiger charge is -2.28. The Morgan fingerprint density at radius 3 is 2.71 bits per heavy atom. The Balaban J connectivity index is 2.33. The summed E-state index contributed by atoms with van der Waals surface area (Å²) in [4.78, 5) is 13.5. The lowest BCUT2D eigenvalue weighted by atomic mass is 10.1. The number of nitrogens with zero attached hydrogens (tertiary/aromatic N) is 1. The van der Waals surface area contributed by atoms with Crippen LogP contribution in [-0.4, -0.2) is 18.9 Å². The number of carbonyl (C=O) groups excluding carboxylic acids is 1. The third kappa shape index (κ3) is 3.09. The number of rotatable bonds is 5. The van der Waals surface area contributed by atoms with Crippen molar-refractivity contribution in [3.8, 4) is 0 Å². The fraction of sp³-hybridized carbons (Fsp3) is 0.500. The van der Waals surface area contributed by atoms with Crippen molar-refractivity contribution in [3.05, 3.63) is 28.2 Å². The highest BCUT2D eigenvalue weighted by Gasteiger charge is 2.30. The van der Waals surface area contributed by atoms with Crippen molar-refractivity contribution in [3.63, 3.8) is 0 Å². The number of aldehydes is 1. The van der Waals surface area contributed by atoms with Gasteiger partial charge in [-0.25, -0.2) is 0 Å². The average molecular weight is 296 g/mol. The molecule has 1 aromatic rings. The first-order valence-electron chi connectivity index (χ1n) is 6.13. The molecule has 0 aliphatic heterocycles. The molecular formula is C14H18BrNO. The molecule has 0 saturated heterocycles. The lowest BCUT2D eigenvalue weighted by Crippen LogP contribution is -2.30. The number of benzene rings is 1. The maximum absolute atomic E-state index is 11.1. The summed E-state index contributed by atoms with van der Waals surface area (Å²) in [5.41, 5.74) is 1.87. The van der Waals surface area contributed by atoms with Crippen molar-refractivity contribution in [1.29, 1.82) is 0 Å². The monoisotopic (exact) mass is 295 g/mol. The van der Waals surface area contributed by atoms with Crippen LogP contribution < -0.4 is 4.90 Å². The van der Waals surface area contributed by atoms with E-state index < -0.39 is 0 Å². The Kier molecular flexibility index (Phi) is 3.87. The van der Waals surface area contributed by atoms with Gasteiger partial charge in [-0.2, -0.15) is 0 Å². The lowest BCUT2D eigenvalue weighted by molar-refractivity contribution is 0.112. The van der Waals surface area contributed by atoms with Crippen LogP contribution in [0.2, 0.25) is 0 Å².